The summed E-state index contributed by atoms with van der Waals surface area (Å²) >= 11 is 0. The van der Waals surface area contributed by atoms with Crippen molar-refractivity contribution in [2.75, 3.05) is 19.4 Å². The van der Waals surface area contributed by atoms with Crippen LogP contribution in [0.1, 0.15) is 0 Å². The van der Waals surface area contributed by atoms with Gasteiger partial charge in [0.05, 0.1) is 5.69 Å². The van der Waals surface area contributed by atoms with Crippen LogP contribution in [-0.4, -0.2) is 30.0 Å². The van der Waals surface area contributed by atoms with Crippen molar-refractivity contribution < 1.29 is 4.79 Å². The molecule has 2 amide bonds. The highest BCUT2D eigenvalue weighted by Crippen LogP contribution is 2.21. The number of urea groups is 1. The summed E-state index contributed by atoms with van der Waals surface area (Å²) in [4.78, 5) is 17.1. The summed E-state index contributed by atoms with van der Waals surface area (Å²) in [6, 6.07) is 7.54. The molecule has 4 nitrogen and oxygen atoms in total. The zero-order valence-corrected chi connectivity index (χ0v) is 9.27. The van der Waals surface area contributed by atoms with Gasteiger partial charge in [-0.2, -0.15) is 0 Å². The molecular formula is C12H13N3O. The van der Waals surface area contributed by atoms with Gasteiger partial charge in [0.1, 0.15) is 0 Å². The van der Waals surface area contributed by atoms with Crippen LogP contribution < -0.4 is 5.32 Å². The molecule has 0 aliphatic rings. The Hall–Kier alpha value is -2.10. The van der Waals surface area contributed by atoms with E-state index in [9.17, 15) is 4.79 Å². The molecule has 2 rings (SSSR count). The van der Waals surface area contributed by atoms with Gasteiger partial charge < -0.3 is 10.2 Å². The zero-order chi connectivity index (χ0) is 11.5. The maximum Gasteiger partial charge on any atom is 0.321 e. The molecule has 82 valence electrons. The van der Waals surface area contributed by atoms with Gasteiger partial charge in [-0.25, -0.2) is 4.79 Å². The lowest BCUT2D eigenvalue weighted by Gasteiger charge is -2.13. The number of benzene rings is 1. The predicted octanol–water partition coefficient (Wildman–Crippen LogP) is 2.33. The third-order valence-electron chi connectivity index (χ3n) is 2.33. The van der Waals surface area contributed by atoms with E-state index in [1.165, 1.54) is 4.90 Å². The fraction of sp³-hybridized carbons (Fsp3) is 0.167. The Bertz CT molecular complexity index is 517. The Balaban J connectivity index is 2.41. The summed E-state index contributed by atoms with van der Waals surface area (Å²) in [5.41, 5.74) is 0.782. The fourth-order valence-electron chi connectivity index (χ4n) is 1.45. The summed E-state index contributed by atoms with van der Waals surface area (Å²) < 4.78 is 0. The largest absolute Gasteiger partial charge is 0.331 e. The molecule has 0 unspecified atom stereocenters. The molecule has 0 saturated carbocycles. The molecule has 0 atom stereocenters. The van der Waals surface area contributed by atoms with Gasteiger partial charge in [0.15, 0.2) is 0 Å². The molecule has 1 heterocycles. The van der Waals surface area contributed by atoms with E-state index in [0.29, 0.717) is 0 Å². The molecule has 1 N–H and O–H groups in total. The maximum atomic E-state index is 11.6. The van der Waals surface area contributed by atoms with Gasteiger partial charge in [-0.15, -0.1) is 0 Å². The minimum absolute atomic E-state index is 0.142. The van der Waals surface area contributed by atoms with E-state index in [0.717, 1.165) is 16.5 Å². The molecule has 1 aromatic carbocycles. The van der Waals surface area contributed by atoms with E-state index in [1.54, 1.807) is 26.5 Å². The molecule has 0 aliphatic heterocycles. The number of rotatable bonds is 1. The van der Waals surface area contributed by atoms with Crippen molar-refractivity contribution in [2.45, 2.75) is 0 Å². The van der Waals surface area contributed by atoms with E-state index < -0.39 is 0 Å². The SMILES string of the molecule is CN(C)C(=O)Nc1cccc2ccncc12. The first-order valence-electron chi connectivity index (χ1n) is 4.99. The van der Waals surface area contributed by atoms with Gasteiger partial charge in [0.2, 0.25) is 0 Å². The standard InChI is InChI=1S/C12H13N3O/c1-15(2)12(16)14-11-5-3-4-9-6-7-13-8-10(9)11/h3-8H,1-2H3,(H,14,16). The lowest BCUT2D eigenvalue weighted by molar-refractivity contribution is 0.231. The van der Waals surface area contributed by atoms with Crippen molar-refractivity contribution in [1.82, 2.24) is 9.88 Å². The molecule has 4 heteroatoms. The van der Waals surface area contributed by atoms with E-state index in [1.807, 2.05) is 24.3 Å². The van der Waals surface area contributed by atoms with E-state index >= 15 is 0 Å². The van der Waals surface area contributed by atoms with Crippen LogP contribution in [-0.2, 0) is 0 Å². The fourth-order valence-corrected chi connectivity index (χ4v) is 1.45. The van der Waals surface area contributed by atoms with E-state index in [-0.39, 0.29) is 6.03 Å². The molecule has 2 aromatic rings. The van der Waals surface area contributed by atoms with Gasteiger partial charge >= 0.3 is 6.03 Å². The zero-order valence-electron chi connectivity index (χ0n) is 9.27. The first-order valence-corrected chi connectivity index (χ1v) is 4.99. The molecule has 0 radical (unpaired) electrons. The van der Waals surface area contributed by atoms with Crippen LogP contribution in [0, 0.1) is 0 Å². The van der Waals surface area contributed by atoms with Crippen molar-refractivity contribution in [2.24, 2.45) is 0 Å². The normalized spacial score (nSPS) is 10.1. The summed E-state index contributed by atoms with van der Waals surface area (Å²) in [7, 11) is 3.41. The van der Waals surface area contributed by atoms with Gasteiger partial charge in [-0.3, -0.25) is 4.98 Å². The summed E-state index contributed by atoms with van der Waals surface area (Å²) in [6.45, 7) is 0. The second kappa shape index (κ2) is 4.18. The molecular weight excluding hydrogens is 202 g/mol. The summed E-state index contributed by atoms with van der Waals surface area (Å²) in [5, 5.41) is 4.84. The highest BCUT2D eigenvalue weighted by Gasteiger charge is 2.06. The van der Waals surface area contributed by atoms with Gasteiger partial charge in [-0.05, 0) is 17.5 Å². The topological polar surface area (TPSA) is 45.2 Å². The lowest BCUT2D eigenvalue weighted by atomic mass is 10.1. The molecule has 0 aliphatic carbocycles. The minimum atomic E-state index is -0.142. The Morgan fingerprint density at radius 2 is 2.12 bits per heavy atom. The van der Waals surface area contributed by atoms with Crippen LogP contribution in [0.25, 0.3) is 10.8 Å². The van der Waals surface area contributed by atoms with Gasteiger partial charge in [0.25, 0.3) is 0 Å². The highest BCUT2D eigenvalue weighted by molar-refractivity contribution is 6.00. The number of nitrogens with one attached hydrogen (secondary N) is 1. The van der Waals surface area contributed by atoms with Crippen LogP contribution in [0.15, 0.2) is 36.7 Å². The number of anilines is 1. The molecule has 1 aromatic heterocycles. The predicted molar refractivity (Wildman–Crippen MR) is 64.4 cm³/mol. The molecule has 0 bridgehead atoms. The third-order valence-corrected chi connectivity index (χ3v) is 2.33. The second-order valence-electron chi connectivity index (χ2n) is 3.73. The van der Waals surface area contributed by atoms with Crippen LogP contribution in [0.3, 0.4) is 0 Å². The summed E-state index contributed by atoms with van der Waals surface area (Å²) in [6.07, 6.45) is 3.49. The maximum absolute atomic E-state index is 11.6. The number of carbonyl (C=O) groups is 1. The number of carbonyl (C=O) groups excluding carboxylic acids is 1. The number of hydrogen-bond donors (Lipinski definition) is 1. The van der Waals surface area contributed by atoms with Crippen LogP contribution in [0.4, 0.5) is 10.5 Å². The number of pyridine rings is 1. The average molecular weight is 215 g/mol. The molecule has 0 spiro atoms. The van der Waals surface area contributed by atoms with E-state index in [2.05, 4.69) is 10.3 Å². The Labute approximate surface area is 93.9 Å². The number of nitrogens with zero attached hydrogens (tertiary/aromatic N) is 2. The minimum Gasteiger partial charge on any atom is -0.331 e. The number of amides is 2. The van der Waals surface area contributed by atoms with Gasteiger partial charge in [-0.1, -0.05) is 12.1 Å². The number of fused-ring (bicyclic) bond motifs is 1. The van der Waals surface area contributed by atoms with Gasteiger partial charge in [0, 0.05) is 31.9 Å². The van der Waals surface area contributed by atoms with Crippen LogP contribution in [0.2, 0.25) is 0 Å². The Kier molecular flexibility index (Phi) is 2.72. The van der Waals surface area contributed by atoms with Crippen molar-refractivity contribution in [3.05, 3.63) is 36.7 Å². The Morgan fingerprint density at radius 1 is 1.31 bits per heavy atom. The Morgan fingerprint density at radius 3 is 2.88 bits per heavy atom. The highest BCUT2D eigenvalue weighted by atomic mass is 16.2. The average Bonchev–Trinajstić information content (AvgIpc) is 2.29. The lowest BCUT2D eigenvalue weighted by Crippen LogP contribution is -2.27. The number of aromatic nitrogens is 1. The first kappa shape index (κ1) is 10.4. The molecule has 16 heavy (non-hydrogen) atoms. The molecule has 0 saturated heterocycles. The van der Waals surface area contributed by atoms with Crippen LogP contribution >= 0.6 is 0 Å². The van der Waals surface area contributed by atoms with Crippen LogP contribution in [0.5, 0.6) is 0 Å². The van der Waals surface area contributed by atoms with Crippen molar-refractivity contribution in [1.29, 1.82) is 0 Å². The monoisotopic (exact) mass is 215 g/mol. The van der Waals surface area contributed by atoms with Crippen molar-refractivity contribution in [3.63, 3.8) is 0 Å². The third kappa shape index (κ3) is 1.95. The quantitative estimate of drug-likeness (QED) is 0.793. The van der Waals surface area contributed by atoms with Crippen molar-refractivity contribution in [3.8, 4) is 0 Å². The van der Waals surface area contributed by atoms with E-state index in [4.69, 9.17) is 0 Å². The molecule has 0 fully saturated rings. The second-order valence-corrected chi connectivity index (χ2v) is 3.73. The number of hydrogen-bond acceptors (Lipinski definition) is 2. The summed E-state index contributed by atoms with van der Waals surface area (Å²) in [5.74, 6) is 0. The van der Waals surface area contributed by atoms with Crippen molar-refractivity contribution >= 4 is 22.5 Å². The smallest absolute Gasteiger partial charge is 0.321 e. The first-order chi connectivity index (χ1) is 7.68.